The number of aromatic nitrogens is 3. The van der Waals surface area contributed by atoms with Crippen molar-refractivity contribution in [3.63, 3.8) is 0 Å². The molecular formula is C19H26N4O. The molecule has 2 heterocycles. The molecule has 0 bridgehead atoms. The van der Waals surface area contributed by atoms with Gasteiger partial charge < -0.3 is 4.90 Å². The molecule has 0 radical (unpaired) electrons. The standard InChI is InChI=1S/C19H26N4O/c1-16-2-4-17(5-3-16)6-7-18-8-11-22(12-9-18)19(24)10-13-23-15-20-14-21-23/h2-5,14-15,18H,6-13H2,1H3. The van der Waals surface area contributed by atoms with Gasteiger partial charge in [-0.25, -0.2) is 4.98 Å². The number of hydrogen-bond donors (Lipinski definition) is 0. The molecule has 1 aliphatic rings. The first kappa shape index (κ1) is 16.7. The molecule has 1 fully saturated rings. The van der Waals surface area contributed by atoms with Crippen molar-refractivity contribution in [3.8, 4) is 0 Å². The zero-order valence-corrected chi connectivity index (χ0v) is 14.4. The van der Waals surface area contributed by atoms with Crippen molar-refractivity contribution in [2.24, 2.45) is 5.92 Å². The van der Waals surface area contributed by atoms with Crippen LogP contribution in [0.3, 0.4) is 0 Å². The van der Waals surface area contributed by atoms with Crippen molar-refractivity contribution in [2.75, 3.05) is 13.1 Å². The Labute approximate surface area is 143 Å². The predicted molar refractivity (Wildman–Crippen MR) is 93.4 cm³/mol. The molecule has 24 heavy (non-hydrogen) atoms. The largest absolute Gasteiger partial charge is 0.343 e. The number of carbonyl (C=O) groups is 1. The minimum absolute atomic E-state index is 0.238. The minimum atomic E-state index is 0.238. The molecule has 0 spiro atoms. The molecule has 1 aromatic carbocycles. The molecule has 0 aliphatic carbocycles. The Bertz CT molecular complexity index is 628. The summed E-state index contributed by atoms with van der Waals surface area (Å²) in [6.07, 6.45) is 8.29. The van der Waals surface area contributed by atoms with Crippen molar-refractivity contribution in [3.05, 3.63) is 48.0 Å². The molecule has 2 aromatic rings. The van der Waals surface area contributed by atoms with Crippen molar-refractivity contribution < 1.29 is 4.79 Å². The van der Waals surface area contributed by atoms with Crippen LogP contribution in [0.15, 0.2) is 36.9 Å². The van der Waals surface area contributed by atoms with Crippen LogP contribution in [-0.2, 0) is 17.8 Å². The Hall–Kier alpha value is -2.17. The molecule has 3 rings (SSSR count). The molecule has 1 aliphatic heterocycles. The van der Waals surface area contributed by atoms with Crippen LogP contribution in [0.2, 0.25) is 0 Å². The molecular weight excluding hydrogens is 300 g/mol. The fourth-order valence-corrected chi connectivity index (χ4v) is 3.31. The first-order chi connectivity index (χ1) is 11.7. The van der Waals surface area contributed by atoms with Gasteiger partial charge >= 0.3 is 0 Å². The third-order valence-corrected chi connectivity index (χ3v) is 4.95. The van der Waals surface area contributed by atoms with Crippen LogP contribution in [0.25, 0.3) is 0 Å². The Morgan fingerprint density at radius 1 is 1.21 bits per heavy atom. The lowest BCUT2D eigenvalue weighted by Crippen LogP contribution is -2.38. The van der Waals surface area contributed by atoms with Gasteiger partial charge in [0.1, 0.15) is 12.7 Å². The Kier molecular flexibility index (Phi) is 5.62. The van der Waals surface area contributed by atoms with Crippen LogP contribution >= 0.6 is 0 Å². The number of benzene rings is 1. The zero-order chi connectivity index (χ0) is 16.8. The molecule has 0 atom stereocenters. The van der Waals surface area contributed by atoms with Gasteiger partial charge in [0, 0.05) is 19.5 Å². The van der Waals surface area contributed by atoms with Crippen molar-refractivity contribution in [1.82, 2.24) is 19.7 Å². The fourth-order valence-electron chi connectivity index (χ4n) is 3.31. The van der Waals surface area contributed by atoms with Gasteiger partial charge in [0.15, 0.2) is 0 Å². The SMILES string of the molecule is Cc1ccc(CCC2CCN(C(=O)CCn3cncn3)CC2)cc1. The normalized spacial score (nSPS) is 15.6. The van der Waals surface area contributed by atoms with Crippen molar-refractivity contribution in [2.45, 2.75) is 45.6 Å². The van der Waals surface area contributed by atoms with Gasteiger partial charge in [-0.15, -0.1) is 0 Å². The third kappa shape index (κ3) is 4.66. The summed E-state index contributed by atoms with van der Waals surface area (Å²) in [5.41, 5.74) is 2.74. The zero-order valence-electron chi connectivity index (χ0n) is 14.4. The summed E-state index contributed by atoms with van der Waals surface area (Å²) in [5, 5.41) is 4.04. The van der Waals surface area contributed by atoms with E-state index in [-0.39, 0.29) is 5.91 Å². The summed E-state index contributed by atoms with van der Waals surface area (Å²) >= 11 is 0. The van der Waals surface area contributed by atoms with Crippen LogP contribution in [0, 0.1) is 12.8 Å². The molecule has 1 aromatic heterocycles. The van der Waals surface area contributed by atoms with E-state index >= 15 is 0 Å². The second-order valence-electron chi connectivity index (χ2n) is 6.76. The maximum absolute atomic E-state index is 12.3. The molecule has 128 valence electrons. The van der Waals surface area contributed by atoms with Gasteiger partial charge in [-0.2, -0.15) is 5.10 Å². The van der Waals surface area contributed by atoms with Crippen LogP contribution in [0.5, 0.6) is 0 Å². The van der Waals surface area contributed by atoms with E-state index in [1.54, 1.807) is 11.0 Å². The van der Waals surface area contributed by atoms with E-state index in [0.29, 0.717) is 13.0 Å². The lowest BCUT2D eigenvalue weighted by molar-refractivity contribution is -0.132. The number of aryl methyl sites for hydroxylation is 3. The summed E-state index contributed by atoms with van der Waals surface area (Å²) in [5.74, 6) is 0.980. The van der Waals surface area contributed by atoms with Crippen LogP contribution in [0.1, 0.15) is 36.8 Å². The lowest BCUT2D eigenvalue weighted by Gasteiger charge is -2.32. The quantitative estimate of drug-likeness (QED) is 0.820. The van der Waals surface area contributed by atoms with Gasteiger partial charge in [-0.1, -0.05) is 29.8 Å². The number of likely N-dealkylation sites (tertiary alicyclic amines) is 1. The number of amides is 1. The van der Waals surface area contributed by atoms with Gasteiger partial charge in [0.05, 0.1) is 6.54 Å². The number of piperidine rings is 1. The molecule has 0 N–H and O–H groups in total. The minimum Gasteiger partial charge on any atom is -0.343 e. The van der Waals surface area contributed by atoms with Crippen molar-refractivity contribution in [1.29, 1.82) is 0 Å². The summed E-state index contributed by atoms with van der Waals surface area (Å²) in [7, 11) is 0. The maximum atomic E-state index is 12.3. The van der Waals surface area contributed by atoms with E-state index in [2.05, 4.69) is 41.3 Å². The summed E-state index contributed by atoms with van der Waals surface area (Å²) < 4.78 is 1.71. The average Bonchev–Trinajstić information content (AvgIpc) is 3.13. The first-order valence-electron chi connectivity index (χ1n) is 8.86. The first-order valence-corrected chi connectivity index (χ1v) is 8.86. The molecule has 5 nitrogen and oxygen atoms in total. The van der Waals surface area contributed by atoms with E-state index in [0.717, 1.165) is 38.3 Å². The van der Waals surface area contributed by atoms with E-state index in [1.807, 2.05) is 4.90 Å². The Balaban J connectivity index is 1.37. The summed E-state index contributed by atoms with van der Waals surface area (Å²) in [6.45, 7) is 4.54. The third-order valence-electron chi connectivity index (χ3n) is 4.95. The highest BCUT2D eigenvalue weighted by atomic mass is 16.2. The summed E-state index contributed by atoms with van der Waals surface area (Å²) in [4.78, 5) is 18.2. The van der Waals surface area contributed by atoms with E-state index in [4.69, 9.17) is 0 Å². The number of carbonyl (C=O) groups excluding carboxylic acids is 1. The van der Waals surface area contributed by atoms with Crippen LogP contribution in [-0.4, -0.2) is 38.7 Å². The Morgan fingerprint density at radius 3 is 2.62 bits per heavy atom. The molecule has 0 unspecified atom stereocenters. The molecule has 1 saturated heterocycles. The van der Waals surface area contributed by atoms with E-state index < -0.39 is 0 Å². The van der Waals surface area contributed by atoms with Gasteiger partial charge in [0.25, 0.3) is 0 Å². The lowest BCUT2D eigenvalue weighted by atomic mass is 9.90. The Morgan fingerprint density at radius 2 is 1.96 bits per heavy atom. The number of hydrogen-bond acceptors (Lipinski definition) is 3. The molecule has 0 saturated carbocycles. The predicted octanol–water partition coefficient (Wildman–Crippen LogP) is 2.85. The van der Waals surface area contributed by atoms with E-state index in [1.165, 1.54) is 23.9 Å². The topological polar surface area (TPSA) is 51.0 Å². The second kappa shape index (κ2) is 8.08. The highest BCUT2D eigenvalue weighted by Gasteiger charge is 2.22. The molecule has 5 heteroatoms. The maximum Gasteiger partial charge on any atom is 0.224 e. The van der Waals surface area contributed by atoms with Crippen molar-refractivity contribution >= 4 is 5.91 Å². The van der Waals surface area contributed by atoms with Crippen LogP contribution < -0.4 is 0 Å². The van der Waals surface area contributed by atoms with E-state index in [9.17, 15) is 4.79 Å². The second-order valence-corrected chi connectivity index (χ2v) is 6.76. The van der Waals surface area contributed by atoms with Crippen LogP contribution in [0.4, 0.5) is 0 Å². The highest BCUT2D eigenvalue weighted by Crippen LogP contribution is 2.23. The van der Waals surface area contributed by atoms with Gasteiger partial charge in [-0.3, -0.25) is 9.48 Å². The smallest absolute Gasteiger partial charge is 0.224 e. The average molecular weight is 326 g/mol. The molecule has 1 amide bonds. The highest BCUT2D eigenvalue weighted by molar-refractivity contribution is 5.76. The number of rotatable bonds is 6. The monoisotopic (exact) mass is 326 g/mol. The summed E-state index contributed by atoms with van der Waals surface area (Å²) in [6, 6.07) is 8.84. The van der Waals surface area contributed by atoms with Gasteiger partial charge in [0.2, 0.25) is 5.91 Å². The van der Waals surface area contributed by atoms with Gasteiger partial charge in [-0.05, 0) is 44.1 Å². The fraction of sp³-hybridized carbons (Fsp3) is 0.526. The number of nitrogens with zero attached hydrogens (tertiary/aromatic N) is 4.